The molecule has 1 unspecified atom stereocenters. The van der Waals surface area contributed by atoms with Crippen molar-refractivity contribution in [2.75, 3.05) is 4.90 Å². The van der Waals surface area contributed by atoms with Crippen LogP contribution in [0.3, 0.4) is 0 Å². The molecule has 3 heterocycles. The van der Waals surface area contributed by atoms with Crippen LogP contribution < -0.4 is 4.90 Å². The molecule has 7 aromatic carbocycles. The fraction of sp³-hybridized carbons (Fsp3) is 0.138. The van der Waals surface area contributed by atoms with Crippen LogP contribution in [-0.2, 0) is 17.3 Å². The first-order valence-electron chi connectivity index (χ1n) is 21.7. The van der Waals surface area contributed by atoms with E-state index in [-0.39, 0.29) is 10.8 Å². The molecule has 0 radical (unpaired) electrons. The molecule has 0 fully saturated rings. The molecule has 2 nitrogen and oxygen atoms in total. The summed E-state index contributed by atoms with van der Waals surface area (Å²) in [4.78, 5) is 2.59. The van der Waals surface area contributed by atoms with Crippen molar-refractivity contribution in [2.24, 2.45) is 0 Å². The zero-order valence-electron chi connectivity index (χ0n) is 33.8. The van der Waals surface area contributed by atoms with Crippen LogP contribution in [0.15, 0.2) is 187 Å². The summed E-state index contributed by atoms with van der Waals surface area (Å²) < 4.78 is 2.59. The summed E-state index contributed by atoms with van der Waals surface area (Å²) in [5.74, 6) is 0.336. The standard InChI is InChI=1S/C58H42N2/c1-57(2)49-24-12-13-26-54(49)60-53-30-28-35(31-43(53)41-20-14-25-50(57)56(41)60)36-27-29-52-44(32-36)45-33-42-40-19-8-11-23-48(40)58(51(42)34-55(45)59(52)37-15-4-3-5-16-37)46-21-9-6-17-38(46)39-18-7-10-22-47(39)58/h3-26,28,30,32-34,43H,27,29,31H2,1-2H3. The third-order valence-electron chi connectivity index (χ3n) is 15.3. The van der Waals surface area contributed by atoms with E-state index in [1.165, 1.54) is 117 Å². The lowest BCUT2D eigenvalue weighted by atomic mass is 9.70. The van der Waals surface area contributed by atoms with E-state index in [9.17, 15) is 0 Å². The molecule has 0 saturated carbocycles. The first-order valence-corrected chi connectivity index (χ1v) is 21.7. The van der Waals surface area contributed by atoms with Crippen molar-refractivity contribution in [3.05, 3.63) is 237 Å². The van der Waals surface area contributed by atoms with Gasteiger partial charge in [0, 0.05) is 45.0 Å². The highest BCUT2D eigenvalue weighted by Crippen LogP contribution is 2.64. The second-order valence-electron chi connectivity index (χ2n) is 18.3. The number of rotatable bonds is 2. The molecule has 2 heteroatoms. The summed E-state index contributed by atoms with van der Waals surface area (Å²) >= 11 is 0. The van der Waals surface area contributed by atoms with Crippen LogP contribution in [0, 0.1) is 0 Å². The van der Waals surface area contributed by atoms with Gasteiger partial charge in [-0.25, -0.2) is 0 Å². The van der Waals surface area contributed by atoms with Gasteiger partial charge in [0.15, 0.2) is 0 Å². The highest BCUT2D eigenvalue weighted by Gasteiger charge is 2.52. The number of anilines is 2. The van der Waals surface area contributed by atoms with Crippen LogP contribution in [0.25, 0.3) is 44.9 Å². The average Bonchev–Trinajstić information content (AvgIpc) is 4.00. The predicted molar refractivity (Wildman–Crippen MR) is 247 cm³/mol. The third-order valence-corrected chi connectivity index (χ3v) is 15.3. The maximum absolute atomic E-state index is 2.59. The maximum Gasteiger partial charge on any atom is 0.0726 e. The van der Waals surface area contributed by atoms with Crippen molar-refractivity contribution in [3.8, 4) is 27.9 Å². The molecule has 60 heavy (non-hydrogen) atoms. The number of para-hydroxylation sites is 3. The molecule has 0 amide bonds. The molecule has 8 aromatic rings. The average molecular weight is 767 g/mol. The van der Waals surface area contributed by atoms with Gasteiger partial charge in [0.25, 0.3) is 0 Å². The second kappa shape index (κ2) is 11.4. The fourth-order valence-electron chi connectivity index (χ4n) is 12.7. The fourth-order valence-corrected chi connectivity index (χ4v) is 12.7. The molecule has 2 aliphatic heterocycles. The van der Waals surface area contributed by atoms with E-state index in [2.05, 4.69) is 199 Å². The summed E-state index contributed by atoms with van der Waals surface area (Å²) in [6, 6.07) is 59.9. The summed E-state index contributed by atoms with van der Waals surface area (Å²) in [5, 5.41) is 1.34. The van der Waals surface area contributed by atoms with Crippen LogP contribution in [0.2, 0.25) is 0 Å². The van der Waals surface area contributed by atoms with Crippen molar-refractivity contribution >= 4 is 28.4 Å². The number of fused-ring (bicyclic) bond motifs is 18. The van der Waals surface area contributed by atoms with Crippen LogP contribution in [0.1, 0.15) is 82.8 Å². The van der Waals surface area contributed by atoms with Crippen LogP contribution in [0.4, 0.5) is 11.4 Å². The summed E-state index contributed by atoms with van der Waals surface area (Å²) in [6.07, 6.45) is 10.5. The van der Waals surface area contributed by atoms with E-state index in [1.54, 1.807) is 0 Å². The largest absolute Gasteiger partial charge is 0.313 e. The SMILES string of the molecule is CC1(C)c2ccccc2N2C3=CC=C(C4=Cc5c(n(-c6ccccc6)c6cc7c(cc56)-c5ccccc5C75c6ccccc6-c6ccccc65)CC4)CC3c3cccc1c32. The zero-order valence-corrected chi connectivity index (χ0v) is 33.8. The van der Waals surface area contributed by atoms with E-state index >= 15 is 0 Å². The molecule has 0 saturated heterocycles. The van der Waals surface area contributed by atoms with Crippen LogP contribution >= 0.6 is 0 Å². The monoisotopic (exact) mass is 766 g/mol. The Morgan fingerprint density at radius 3 is 1.90 bits per heavy atom. The Balaban J connectivity index is 0.973. The van der Waals surface area contributed by atoms with E-state index in [0.717, 1.165) is 19.3 Å². The molecular weight excluding hydrogens is 725 g/mol. The van der Waals surface area contributed by atoms with Gasteiger partial charge in [0.1, 0.15) is 0 Å². The lowest BCUT2D eigenvalue weighted by molar-refractivity contribution is 0.631. The molecule has 1 spiro atoms. The number of nitrogens with zero attached hydrogens (tertiary/aromatic N) is 2. The van der Waals surface area contributed by atoms with Gasteiger partial charge in [0.2, 0.25) is 0 Å². The van der Waals surface area contributed by atoms with Gasteiger partial charge in [-0.05, 0) is 134 Å². The van der Waals surface area contributed by atoms with Gasteiger partial charge in [-0.1, -0.05) is 147 Å². The highest BCUT2D eigenvalue weighted by molar-refractivity contribution is 6.03. The first kappa shape index (κ1) is 33.0. The smallest absolute Gasteiger partial charge is 0.0726 e. The molecule has 6 aliphatic rings. The molecule has 0 N–H and O–H groups in total. The van der Waals surface area contributed by atoms with Gasteiger partial charge >= 0.3 is 0 Å². The molecule has 0 bridgehead atoms. The van der Waals surface area contributed by atoms with Crippen molar-refractivity contribution in [1.82, 2.24) is 4.57 Å². The highest BCUT2D eigenvalue weighted by atomic mass is 15.2. The Morgan fingerprint density at radius 1 is 0.533 bits per heavy atom. The van der Waals surface area contributed by atoms with Crippen LogP contribution in [-0.4, -0.2) is 4.57 Å². The van der Waals surface area contributed by atoms with Crippen molar-refractivity contribution in [2.45, 2.75) is 49.9 Å². The topological polar surface area (TPSA) is 8.17 Å². The van der Waals surface area contributed by atoms with Crippen molar-refractivity contribution < 1.29 is 0 Å². The normalized spacial score (nSPS) is 18.7. The molecule has 1 atom stereocenters. The van der Waals surface area contributed by atoms with Gasteiger partial charge in [0.05, 0.1) is 16.6 Å². The Morgan fingerprint density at radius 2 is 1.17 bits per heavy atom. The Kier molecular flexibility index (Phi) is 6.28. The lowest BCUT2D eigenvalue weighted by Gasteiger charge is -2.40. The molecular formula is C58H42N2. The summed E-state index contributed by atoms with van der Waals surface area (Å²) in [5.41, 5.74) is 27.3. The molecule has 4 aliphatic carbocycles. The minimum absolute atomic E-state index is 0.0527. The van der Waals surface area contributed by atoms with Gasteiger partial charge < -0.3 is 9.47 Å². The Labute approximate surface area is 351 Å². The number of hydrogen-bond donors (Lipinski definition) is 0. The second-order valence-corrected chi connectivity index (χ2v) is 18.3. The van der Waals surface area contributed by atoms with Crippen molar-refractivity contribution in [3.63, 3.8) is 0 Å². The maximum atomic E-state index is 2.59. The van der Waals surface area contributed by atoms with E-state index < -0.39 is 0 Å². The molecule has 1 aromatic heterocycles. The Bertz CT molecular complexity index is 3280. The summed E-state index contributed by atoms with van der Waals surface area (Å²) in [7, 11) is 0. The lowest BCUT2D eigenvalue weighted by Crippen LogP contribution is -2.30. The van der Waals surface area contributed by atoms with E-state index in [1.807, 2.05) is 0 Å². The molecule has 284 valence electrons. The number of aromatic nitrogens is 1. The number of hydrogen-bond acceptors (Lipinski definition) is 1. The van der Waals surface area contributed by atoms with E-state index in [4.69, 9.17) is 0 Å². The minimum atomic E-state index is -0.375. The Hall–Kier alpha value is -6.90. The third kappa shape index (κ3) is 3.91. The minimum Gasteiger partial charge on any atom is -0.313 e. The quantitative estimate of drug-likeness (QED) is 0.170. The van der Waals surface area contributed by atoms with Crippen LogP contribution in [0.5, 0.6) is 0 Å². The van der Waals surface area contributed by atoms with E-state index in [0.29, 0.717) is 5.92 Å². The predicted octanol–water partition coefficient (Wildman–Crippen LogP) is 14.1. The first-order chi connectivity index (χ1) is 29.5. The van der Waals surface area contributed by atoms with Gasteiger partial charge in [-0.2, -0.15) is 0 Å². The number of allylic oxidation sites excluding steroid dienone is 5. The zero-order chi connectivity index (χ0) is 39.5. The van der Waals surface area contributed by atoms with Crippen molar-refractivity contribution in [1.29, 1.82) is 0 Å². The summed E-state index contributed by atoms with van der Waals surface area (Å²) in [6.45, 7) is 4.79. The van der Waals surface area contributed by atoms with Gasteiger partial charge in [-0.3, -0.25) is 0 Å². The molecule has 14 rings (SSSR count). The van der Waals surface area contributed by atoms with Gasteiger partial charge in [-0.15, -0.1) is 0 Å². The number of benzene rings is 7.